The number of nitro groups is 2. The number of esters is 1. The first-order valence-electron chi connectivity index (χ1n) is 11.9. The van der Waals surface area contributed by atoms with Gasteiger partial charge in [-0.1, -0.05) is 24.3 Å². The van der Waals surface area contributed by atoms with Crippen LogP contribution < -0.4 is 4.74 Å². The van der Waals surface area contributed by atoms with Crippen molar-refractivity contribution in [3.8, 4) is 16.9 Å². The molecule has 0 amide bonds. The lowest BCUT2D eigenvalue weighted by molar-refractivity contribution is -0.394. The molecule has 3 aromatic rings. The Bertz CT molecular complexity index is 1460. The highest BCUT2D eigenvalue weighted by molar-refractivity contribution is 5.87. The van der Waals surface area contributed by atoms with Crippen molar-refractivity contribution >= 4 is 23.4 Å². The molecule has 0 spiro atoms. The Hall–Kier alpha value is -4.88. The second-order valence-corrected chi connectivity index (χ2v) is 8.51. The molecule has 9 nitrogen and oxygen atoms in total. The standard InChI is InChI=1S/C27H21F5N2O7/c28-25-21(9-10-23(26(25)29)40-14-1-13-27(30,31)32)18-5-2-17(3-6-18)4-11-24(35)41-15-12-19-7-8-20(33(36)37)16-22(19)34(38)39/h2-11,16H,1,12-15H2/b11-4+. The van der Waals surface area contributed by atoms with Gasteiger partial charge in [0, 0.05) is 36.1 Å². The van der Waals surface area contributed by atoms with Crippen LogP contribution in [0.3, 0.4) is 0 Å². The minimum absolute atomic E-state index is 0.0535. The van der Waals surface area contributed by atoms with Gasteiger partial charge in [0.15, 0.2) is 11.6 Å². The lowest BCUT2D eigenvalue weighted by Crippen LogP contribution is -2.10. The molecule has 3 aromatic carbocycles. The van der Waals surface area contributed by atoms with E-state index in [9.17, 15) is 47.0 Å². The maximum Gasteiger partial charge on any atom is 0.389 e. The summed E-state index contributed by atoms with van der Waals surface area (Å²) >= 11 is 0. The number of carbonyl (C=O) groups is 1. The zero-order valence-corrected chi connectivity index (χ0v) is 21.0. The molecule has 0 aliphatic carbocycles. The smallest absolute Gasteiger partial charge is 0.389 e. The molecule has 0 aromatic heterocycles. The summed E-state index contributed by atoms with van der Waals surface area (Å²) in [5.74, 6) is -3.84. The normalized spacial score (nSPS) is 11.4. The summed E-state index contributed by atoms with van der Waals surface area (Å²) in [7, 11) is 0. The van der Waals surface area contributed by atoms with Crippen molar-refractivity contribution in [1.29, 1.82) is 0 Å². The molecule has 14 heteroatoms. The minimum atomic E-state index is -4.37. The van der Waals surface area contributed by atoms with Crippen LogP contribution in [0.5, 0.6) is 5.75 Å². The van der Waals surface area contributed by atoms with Gasteiger partial charge in [0.1, 0.15) is 0 Å². The average molecular weight is 580 g/mol. The number of nitrogens with zero attached hydrogens (tertiary/aromatic N) is 2. The molecule has 0 aliphatic rings. The maximum absolute atomic E-state index is 14.6. The molecule has 0 saturated carbocycles. The molecule has 0 saturated heterocycles. The fraction of sp³-hybridized carbons (Fsp3) is 0.222. The number of nitro benzene ring substituents is 2. The van der Waals surface area contributed by atoms with Crippen LogP contribution in [0, 0.1) is 31.9 Å². The summed E-state index contributed by atoms with van der Waals surface area (Å²) in [5.41, 5.74) is -0.0799. The van der Waals surface area contributed by atoms with Crippen molar-refractivity contribution in [2.75, 3.05) is 13.2 Å². The van der Waals surface area contributed by atoms with Crippen molar-refractivity contribution in [2.24, 2.45) is 0 Å². The predicted octanol–water partition coefficient (Wildman–Crippen LogP) is 6.97. The molecule has 0 heterocycles. The van der Waals surface area contributed by atoms with Gasteiger partial charge in [0.05, 0.1) is 29.1 Å². The number of ether oxygens (including phenoxy) is 2. The molecule has 216 valence electrons. The molecular weight excluding hydrogens is 559 g/mol. The van der Waals surface area contributed by atoms with Crippen LogP contribution in [0.1, 0.15) is 24.0 Å². The van der Waals surface area contributed by atoms with Gasteiger partial charge in [0.2, 0.25) is 5.82 Å². The second-order valence-electron chi connectivity index (χ2n) is 8.51. The molecule has 41 heavy (non-hydrogen) atoms. The van der Waals surface area contributed by atoms with E-state index in [2.05, 4.69) is 0 Å². The molecule has 0 radical (unpaired) electrons. The van der Waals surface area contributed by atoms with Crippen LogP contribution in [0.25, 0.3) is 17.2 Å². The number of rotatable bonds is 12. The molecule has 0 atom stereocenters. The third kappa shape index (κ3) is 8.81. The lowest BCUT2D eigenvalue weighted by atomic mass is 10.0. The maximum atomic E-state index is 14.6. The van der Waals surface area contributed by atoms with E-state index < -0.39 is 70.2 Å². The second kappa shape index (κ2) is 13.5. The first-order valence-corrected chi connectivity index (χ1v) is 11.9. The first-order chi connectivity index (χ1) is 19.4. The van der Waals surface area contributed by atoms with Gasteiger partial charge in [-0.3, -0.25) is 20.2 Å². The Balaban J connectivity index is 1.56. The Labute approximate surface area is 229 Å². The number of carbonyl (C=O) groups excluding carboxylic acids is 1. The van der Waals surface area contributed by atoms with Crippen LogP contribution in [0.2, 0.25) is 0 Å². The molecule has 0 fully saturated rings. The fourth-order valence-corrected chi connectivity index (χ4v) is 3.62. The number of halogens is 5. The quantitative estimate of drug-likeness (QED) is 0.0566. The van der Waals surface area contributed by atoms with E-state index in [4.69, 9.17) is 9.47 Å². The SMILES string of the molecule is O=C(/C=C/c1ccc(-c2ccc(OCCCC(F)(F)F)c(F)c2F)cc1)OCCc1ccc([N+](=O)[O-])cc1[N+](=O)[O-]. The Morgan fingerprint density at radius 1 is 0.902 bits per heavy atom. The number of hydrogen-bond donors (Lipinski definition) is 0. The van der Waals surface area contributed by atoms with E-state index in [0.29, 0.717) is 5.56 Å². The van der Waals surface area contributed by atoms with Crippen molar-refractivity contribution < 1.29 is 46.1 Å². The highest BCUT2D eigenvalue weighted by atomic mass is 19.4. The van der Waals surface area contributed by atoms with E-state index in [1.165, 1.54) is 42.5 Å². The van der Waals surface area contributed by atoms with E-state index in [0.717, 1.165) is 24.3 Å². The number of non-ortho nitro benzene ring substituents is 1. The largest absolute Gasteiger partial charge is 0.490 e. The van der Waals surface area contributed by atoms with Crippen LogP contribution in [-0.4, -0.2) is 35.2 Å². The summed E-state index contributed by atoms with van der Waals surface area (Å²) in [6, 6.07) is 11.4. The average Bonchev–Trinajstić information content (AvgIpc) is 2.92. The van der Waals surface area contributed by atoms with Gasteiger partial charge in [-0.25, -0.2) is 9.18 Å². The summed E-state index contributed by atoms with van der Waals surface area (Å²) < 4.78 is 75.5. The third-order valence-electron chi connectivity index (χ3n) is 5.63. The van der Waals surface area contributed by atoms with Crippen molar-refractivity contribution in [1.82, 2.24) is 0 Å². The molecule has 0 bridgehead atoms. The number of alkyl halides is 3. The van der Waals surface area contributed by atoms with Crippen molar-refractivity contribution in [3.63, 3.8) is 0 Å². The zero-order chi connectivity index (χ0) is 30.2. The highest BCUT2D eigenvalue weighted by Crippen LogP contribution is 2.31. The fourth-order valence-electron chi connectivity index (χ4n) is 3.62. The molecule has 3 rings (SSSR count). The van der Waals surface area contributed by atoms with Gasteiger partial charge in [-0.15, -0.1) is 0 Å². The zero-order valence-electron chi connectivity index (χ0n) is 21.0. The van der Waals surface area contributed by atoms with Gasteiger partial charge in [-0.05, 0) is 41.8 Å². The Kier molecular flexibility index (Phi) is 10.1. The van der Waals surface area contributed by atoms with Gasteiger partial charge >= 0.3 is 12.1 Å². The summed E-state index contributed by atoms with van der Waals surface area (Å²) in [6.07, 6.45) is -3.47. The van der Waals surface area contributed by atoms with E-state index in [1.807, 2.05) is 0 Å². The highest BCUT2D eigenvalue weighted by Gasteiger charge is 2.26. The molecule has 0 N–H and O–H groups in total. The Morgan fingerprint density at radius 2 is 1.61 bits per heavy atom. The molecular formula is C27H21F5N2O7. The topological polar surface area (TPSA) is 122 Å². The lowest BCUT2D eigenvalue weighted by Gasteiger charge is -2.11. The van der Waals surface area contributed by atoms with Gasteiger partial charge in [0.25, 0.3) is 11.4 Å². The van der Waals surface area contributed by atoms with E-state index >= 15 is 0 Å². The summed E-state index contributed by atoms with van der Waals surface area (Å²) in [4.78, 5) is 32.5. The third-order valence-corrected chi connectivity index (χ3v) is 5.63. The molecule has 0 unspecified atom stereocenters. The number of hydrogen-bond acceptors (Lipinski definition) is 7. The summed E-state index contributed by atoms with van der Waals surface area (Å²) in [5, 5.41) is 22.0. The van der Waals surface area contributed by atoms with Crippen LogP contribution in [0.4, 0.5) is 33.3 Å². The number of benzene rings is 3. The van der Waals surface area contributed by atoms with Crippen LogP contribution in [-0.2, 0) is 16.0 Å². The van der Waals surface area contributed by atoms with Gasteiger partial charge in [-0.2, -0.15) is 17.6 Å². The van der Waals surface area contributed by atoms with Crippen LogP contribution in [0.15, 0.2) is 60.7 Å². The monoisotopic (exact) mass is 580 g/mol. The van der Waals surface area contributed by atoms with Gasteiger partial charge < -0.3 is 9.47 Å². The van der Waals surface area contributed by atoms with E-state index in [-0.39, 0.29) is 29.7 Å². The van der Waals surface area contributed by atoms with E-state index in [1.54, 1.807) is 0 Å². The summed E-state index contributed by atoms with van der Waals surface area (Å²) in [6.45, 7) is -0.663. The van der Waals surface area contributed by atoms with Crippen LogP contribution >= 0.6 is 0 Å². The Morgan fingerprint density at radius 3 is 2.24 bits per heavy atom. The van der Waals surface area contributed by atoms with Crippen molar-refractivity contribution in [2.45, 2.75) is 25.4 Å². The van der Waals surface area contributed by atoms with Crippen molar-refractivity contribution in [3.05, 3.63) is 104 Å². The predicted molar refractivity (Wildman–Crippen MR) is 136 cm³/mol. The molecule has 0 aliphatic heterocycles. The minimum Gasteiger partial charge on any atom is -0.490 e. The first kappa shape index (κ1) is 30.7.